The molecule has 2 aromatic rings. The van der Waals surface area contributed by atoms with Gasteiger partial charge in [0.25, 0.3) is 5.91 Å². The molecule has 6 heteroatoms. The fraction of sp³-hybridized carbons (Fsp3) is 0.400. The van der Waals surface area contributed by atoms with Gasteiger partial charge in [0.1, 0.15) is 11.5 Å². The number of nitrogens with zero attached hydrogens (tertiary/aromatic N) is 1. The lowest BCUT2D eigenvalue weighted by molar-refractivity contribution is 0.0952. The molecule has 0 saturated carbocycles. The average Bonchev–Trinajstić information content (AvgIpc) is 3.07. The van der Waals surface area contributed by atoms with Crippen LogP contribution in [0.5, 0.6) is 0 Å². The van der Waals surface area contributed by atoms with Crippen molar-refractivity contribution in [2.75, 3.05) is 7.05 Å². The summed E-state index contributed by atoms with van der Waals surface area (Å²) in [5, 5.41) is 2.09. The normalized spacial score (nSPS) is 12.6. The van der Waals surface area contributed by atoms with Crippen LogP contribution in [0, 0.1) is 6.92 Å². The molecule has 0 bridgehead atoms. The summed E-state index contributed by atoms with van der Waals surface area (Å²) in [5.74, 6) is 6.19. The number of carbonyl (C=O) groups is 1. The monoisotopic (exact) mass is 307 g/mol. The number of amides is 1. The maximum Gasteiger partial charge on any atom is 0.268 e. The van der Waals surface area contributed by atoms with Gasteiger partial charge in [0, 0.05) is 10.9 Å². The quantitative estimate of drug-likeness (QED) is 0.488. The molecule has 0 aliphatic carbocycles. The molecule has 21 heavy (non-hydrogen) atoms. The van der Waals surface area contributed by atoms with Gasteiger partial charge in [0.2, 0.25) is 0 Å². The Morgan fingerprint density at radius 1 is 1.57 bits per heavy atom. The molecule has 0 aliphatic heterocycles. The van der Waals surface area contributed by atoms with Gasteiger partial charge in [-0.3, -0.25) is 15.1 Å². The van der Waals surface area contributed by atoms with Gasteiger partial charge in [-0.15, -0.1) is 11.3 Å². The van der Waals surface area contributed by atoms with Crippen LogP contribution in [0.2, 0.25) is 0 Å². The molecule has 114 valence electrons. The zero-order valence-electron chi connectivity index (χ0n) is 12.6. The van der Waals surface area contributed by atoms with Gasteiger partial charge in [-0.05, 0) is 44.8 Å². The predicted molar refractivity (Wildman–Crippen MR) is 84.1 cm³/mol. The van der Waals surface area contributed by atoms with E-state index >= 15 is 0 Å². The van der Waals surface area contributed by atoms with Gasteiger partial charge < -0.3 is 4.42 Å². The Balaban J connectivity index is 1.99. The van der Waals surface area contributed by atoms with E-state index in [0.29, 0.717) is 23.9 Å². The van der Waals surface area contributed by atoms with Gasteiger partial charge in [-0.2, -0.15) is 0 Å². The van der Waals surface area contributed by atoms with Crippen LogP contribution >= 0.6 is 11.3 Å². The highest BCUT2D eigenvalue weighted by Gasteiger charge is 2.17. The second-order valence-corrected chi connectivity index (χ2v) is 6.24. The van der Waals surface area contributed by atoms with E-state index in [4.69, 9.17) is 10.3 Å². The molecule has 2 heterocycles. The van der Waals surface area contributed by atoms with Crippen LogP contribution in [0.1, 0.15) is 33.7 Å². The number of nitrogens with one attached hydrogen (secondary N) is 1. The second-order valence-electron chi connectivity index (χ2n) is 5.20. The Bertz CT molecular complexity index is 592. The van der Waals surface area contributed by atoms with Gasteiger partial charge >= 0.3 is 0 Å². The molecule has 0 aromatic carbocycles. The number of hydrogen-bond acceptors (Lipinski definition) is 5. The smallest absolute Gasteiger partial charge is 0.268 e. The van der Waals surface area contributed by atoms with Crippen LogP contribution in [0.4, 0.5) is 0 Å². The van der Waals surface area contributed by atoms with Crippen LogP contribution in [-0.2, 0) is 13.0 Å². The minimum Gasteiger partial charge on any atom is -0.464 e. The molecular formula is C15H21N3O2S. The van der Waals surface area contributed by atoms with Crippen molar-refractivity contribution in [3.63, 3.8) is 0 Å². The van der Waals surface area contributed by atoms with Crippen molar-refractivity contribution in [2.24, 2.45) is 5.84 Å². The summed E-state index contributed by atoms with van der Waals surface area (Å²) in [6.07, 6.45) is 1.00. The fourth-order valence-electron chi connectivity index (χ4n) is 2.20. The molecular weight excluding hydrogens is 286 g/mol. The highest BCUT2D eigenvalue weighted by molar-refractivity contribution is 7.09. The van der Waals surface area contributed by atoms with Crippen molar-refractivity contribution < 1.29 is 9.21 Å². The maximum absolute atomic E-state index is 11.6. The third kappa shape index (κ3) is 3.93. The topological polar surface area (TPSA) is 71.5 Å². The summed E-state index contributed by atoms with van der Waals surface area (Å²) in [6.45, 7) is 4.61. The van der Waals surface area contributed by atoms with E-state index in [2.05, 4.69) is 41.8 Å². The minimum absolute atomic E-state index is 0.322. The van der Waals surface area contributed by atoms with Crippen molar-refractivity contribution in [3.05, 3.63) is 45.5 Å². The van der Waals surface area contributed by atoms with E-state index in [0.717, 1.165) is 12.2 Å². The first-order valence-electron chi connectivity index (χ1n) is 6.84. The SMILES string of the molecule is Cc1oc(CN(C)C(C)Cc2cccs2)cc1C(=O)NN. The standard InChI is InChI=1S/C15H21N3O2S/c1-10(7-13-5-4-6-21-13)18(3)9-12-8-14(11(2)20-12)15(19)17-16/h4-6,8,10H,7,9,16H2,1-3H3,(H,17,19). The molecule has 3 N–H and O–H groups in total. The summed E-state index contributed by atoms with van der Waals surface area (Å²) < 4.78 is 5.64. The number of rotatable bonds is 6. The Hall–Kier alpha value is -1.63. The van der Waals surface area contributed by atoms with Crippen LogP contribution in [0.3, 0.4) is 0 Å². The van der Waals surface area contributed by atoms with Crippen LogP contribution in [0.25, 0.3) is 0 Å². The molecule has 0 radical (unpaired) electrons. The summed E-state index contributed by atoms with van der Waals surface area (Å²) in [4.78, 5) is 15.1. The molecule has 1 unspecified atom stereocenters. The highest BCUT2D eigenvalue weighted by atomic mass is 32.1. The molecule has 2 rings (SSSR count). The van der Waals surface area contributed by atoms with E-state index in [1.165, 1.54) is 4.88 Å². The van der Waals surface area contributed by atoms with E-state index in [-0.39, 0.29) is 5.91 Å². The van der Waals surface area contributed by atoms with Crippen molar-refractivity contribution in [1.29, 1.82) is 0 Å². The first-order valence-corrected chi connectivity index (χ1v) is 7.72. The molecule has 0 fully saturated rings. The molecule has 5 nitrogen and oxygen atoms in total. The lowest BCUT2D eigenvalue weighted by atomic mass is 10.2. The third-order valence-electron chi connectivity index (χ3n) is 3.58. The maximum atomic E-state index is 11.6. The number of aryl methyl sites for hydroxylation is 1. The molecule has 0 spiro atoms. The zero-order valence-corrected chi connectivity index (χ0v) is 13.4. The van der Waals surface area contributed by atoms with Gasteiger partial charge in [-0.1, -0.05) is 6.07 Å². The number of carbonyl (C=O) groups excluding carboxylic acids is 1. The predicted octanol–water partition coefficient (Wildman–Crippen LogP) is 2.32. The van der Waals surface area contributed by atoms with Crippen LogP contribution < -0.4 is 11.3 Å². The van der Waals surface area contributed by atoms with Gasteiger partial charge in [-0.25, -0.2) is 5.84 Å². The van der Waals surface area contributed by atoms with E-state index < -0.39 is 0 Å². The minimum atomic E-state index is -0.322. The Labute approximate surface area is 128 Å². The Kier molecular flexibility index (Phi) is 5.17. The Morgan fingerprint density at radius 3 is 2.95 bits per heavy atom. The summed E-state index contributed by atoms with van der Waals surface area (Å²) in [5.41, 5.74) is 2.62. The number of hydrogen-bond donors (Lipinski definition) is 2. The highest BCUT2D eigenvalue weighted by Crippen LogP contribution is 2.18. The number of furan rings is 1. The van der Waals surface area contributed by atoms with Gasteiger partial charge in [0.15, 0.2) is 0 Å². The molecule has 2 aromatic heterocycles. The number of hydrazine groups is 1. The van der Waals surface area contributed by atoms with Crippen molar-refractivity contribution >= 4 is 17.2 Å². The molecule has 0 aliphatic rings. The lowest BCUT2D eigenvalue weighted by Gasteiger charge is -2.23. The van der Waals surface area contributed by atoms with Crippen molar-refractivity contribution in [1.82, 2.24) is 10.3 Å². The lowest BCUT2D eigenvalue weighted by Crippen LogP contribution is -2.30. The van der Waals surface area contributed by atoms with Crippen LogP contribution in [-0.4, -0.2) is 23.9 Å². The van der Waals surface area contributed by atoms with Crippen LogP contribution in [0.15, 0.2) is 28.0 Å². The van der Waals surface area contributed by atoms with E-state index in [1.807, 2.05) is 0 Å². The third-order valence-corrected chi connectivity index (χ3v) is 4.48. The first kappa shape index (κ1) is 15.8. The fourth-order valence-corrected chi connectivity index (χ4v) is 3.03. The summed E-state index contributed by atoms with van der Waals surface area (Å²) in [6, 6.07) is 6.36. The number of nitrogens with two attached hydrogens (primary N) is 1. The first-order chi connectivity index (χ1) is 10.0. The average molecular weight is 307 g/mol. The second kappa shape index (κ2) is 6.89. The van der Waals surface area contributed by atoms with E-state index in [9.17, 15) is 4.79 Å². The number of likely N-dealkylation sites (N-methyl/N-ethyl adjacent to an activating group) is 1. The van der Waals surface area contributed by atoms with Crippen molar-refractivity contribution in [3.8, 4) is 0 Å². The summed E-state index contributed by atoms with van der Waals surface area (Å²) in [7, 11) is 2.05. The molecule has 1 amide bonds. The zero-order chi connectivity index (χ0) is 15.4. The Morgan fingerprint density at radius 2 is 2.33 bits per heavy atom. The van der Waals surface area contributed by atoms with Crippen molar-refractivity contribution in [2.45, 2.75) is 32.9 Å². The molecule has 1 atom stereocenters. The number of nitrogen functional groups attached to an aromatic ring is 1. The molecule has 0 saturated heterocycles. The van der Waals surface area contributed by atoms with E-state index in [1.54, 1.807) is 24.3 Å². The van der Waals surface area contributed by atoms with Gasteiger partial charge in [0.05, 0.1) is 12.1 Å². The number of thiophene rings is 1. The largest absolute Gasteiger partial charge is 0.464 e. The summed E-state index contributed by atoms with van der Waals surface area (Å²) >= 11 is 1.77.